The molecule has 2 heterocycles. The Balaban J connectivity index is 1.94. The van der Waals surface area contributed by atoms with Crippen LogP contribution >= 0.6 is 0 Å². The van der Waals surface area contributed by atoms with Crippen LogP contribution in [0.4, 0.5) is 0 Å². The van der Waals surface area contributed by atoms with Gasteiger partial charge in [0.25, 0.3) is 0 Å². The van der Waals surface area contributed by atoms with E-state index in [2.05, 4.69) is 26.5 Å². The van der Waals surface area contributed by atoms with E-state index in [4.69, 9.17) is 14.2 Å². The molecule has 0 radical (unpaired) electrons. The molecule has 3 rings (SSSR count). The highest BCUT2D eigenvalue weighted by Crippen LogP contribution is 2.46. The number of carbonyl (C=O) groups excluding carboxylic acids is 1. The molecule has 0 unspecified atom stereocenters. The molecule has 22 heavy (non-hydrogen) atoms. The number of epoxide rings is 1. The third kappa shape index (κ3) is 2.77. The van der Waals surface area contributed by atoms with Crippen molar-refractivity contribution in [1.29, 1.82) is 0 Å². The van der Waals surface area contributed by atoms with E-state index in [9.17, 15) is 4.79 Å². The van der Waals surface area contributed by atoms with Gasteiger partial charge in [-0.1, -0.05) is 31.2 Å². The summed E-state index contributed by atoms with van der Waals surface area (Å²) < 4.78 is 17.4. The van der Waals surface area contributed by atoms with Gasteiger partial charge in [-0.15, -0.1) is 0 Å². The maximum atomic E-state index is 12.0. The molecule has 0 amide bonds. The van der Waals surface area contributed by atoms with Crippen molar-refractivity contribution < 1.29 is 19.0 Å². The van der Waals surface area contributed by atoms with Crippen LogP contribution in [0.3, 0.4) is 0 Å². The predicted octanol–water partition coefficient (Wildman–Crippen LogP) is 2.94. The Morgan fingerprint density at radius 1 is 1.50 bits per heavy atom. The molecular formula is C18H24O4. The Morgan fingerprint density at radius 3 is 3.00 bits per heavy atom. The number of fused-ring (bicyclic) bond motifs is 2. The van der Waals surface area contributed by atoms with Gasteiger partial charge in [-0.05, 0) is 26.3 Å². The summed E-state index contributed by atoms with van der Waals surface area (Å²) in [6.07, 6.45) is 7.48. The summed E-state index contributed by atoms with van der Waals surface area (Å²) >= 11 is 0. The minimum absolute atomic E-state index is 0.116. The first-order chi connectivity index (χ1) is 10.4. The van der Waals surface area contributed by atoms with Crippen LogP contribution in [0.15, 0.2) is 36.0 Å². The van der Waals surface area contributed by atoms with Crippen molar-refractivity contribution in [3.8, 4) is 0 Å². The summed E-state index contributed by atoms with van der Waals surface area (Å²) in [6, 6.07) is 0. The quantitative estimate of drug-likeness (QED) is 0.457. The lowest BCUT2D eigenvalue weighted by molar-refractivity contribution is -0.137. The molecule has 3 aliphatic rings. The van der Waals surface area contributed by atoms with E-state index < -0.39 is 0 Å². The van der Waals surface area contributed by atoms with Gasteiger partial charge >= 0.3 is 5.97 Å². The van der Waals surface area contributed by atoms with E-state index in [1.54, 1.807) is 0 Å². The van der Waals surface area contributed by atoms with Crippen LogP contribution in [-0.2, 0) is 19.0 Å². The Bertz CT molecular complexity index is 547. The summed E-state index contributed by atoms with van der Waals surface area (Å²) in [4.78, 5) is 12.0. The second kappa shape index (κ2) is 5.67. The van der Waals surface area contributed by atoms with Crippen LogP contribution in [-0.4, -0.2) is 36.5 Å². The first-order valence-electron chi connectivity index (χ1n) is 8.00. The number of ether oxygens (including phenoxy) is 3. The zero-order valence-corrected chi connectivity index (χ0v) is 13.5. The summed E-state index contributed by atoms with van der Waals surface area (Å²) in [5.74, 6) is -0.451. The van der Waals surface area contributed by atoms with Crippen LogP contribution in [0.25, 0.3) is 0 Å². The molecule has 5 atom stereocenters. The molecule has 0 aromatic rings. The fraction of sp³-hybridized carbons (Fsp3) is 0.611. The third-order valence-corrected chi connectivity index (χ3v) is 4.71. The topological polar surface area (TPSA) is 48.1 Å². The highest BCUT2D eigenvalue weighted by molar-refractivity contribution is 5.91. The molecule has 2 fully saturated rings. The molecule has 0 spiro atoms. The lowest BCUT2D eigenvalue weighted by atomic mass is 9.83. The lowest BCUT2D eigenvalue weighted by Crippen LogP contribution is -2.35. The van der Waals surface area contributed by atoms with E-state index in [0.717, 1.165) is 18.4 Å². The van der Waals surface area contributed by atoms with Gasteiger partial charge in [-0.2, -0.15) is 0 Å². The molecule has 1 aliphatic carbocycles. The molecule has 2 saturated heterocycles. The summed E-state index contributed by atoms with van der Waals surface area (Å²) in [7, 11) is 0. The zero-order valence-electron chi connectivity index (χ0n) is 13.5. The van der Waals surface area contributed by atoms with Crippen LogP contribution in [0.1, 0.15) is 33.6 Å². The highest BCUT2D eigenvalue weighted by Gasteiger charge is 2.55. The molecule has 2 aliphatic heterocycles. The first-order valence-corrected chi connectivity index (χ1v) is 8.00. The van der Waals surface area contributed by atoms with Gasteiger partial charge in [-0.25, -0.2) is 4.79 Å². The molecular weight excluding hydrogens is 280 g/mol. The second-order valence-corrected chi connectivity index (χ2v) is 6.66. The maximum absolute atomic E-state index is 12.0. The van der Waals surface area contributed by atoms with Gasteiger partial charge in [-0.3, -0.25) is 0 Å². The average Bonchev–Trinajstić information content (AvgIpc) is 3.02. The Hall–Kier alpha value is -1.39. The van der Waals surface area contributed by atoms with Gasteiger partial charge in [0.15, 0.2) is 0 Å². The highest BCUT2D eigenvalue weighted by atomic mass is 16.6. The SMILES string of the molecule is C=C1C(=O)O[C@H]2/C=C(C)\C=C/[C@H]3O[C@]3(C)C[C@@H](OCCC)[C@@H]12. The van der Waals surface area contributed by atoms with E-state index in [1.807, 2.05) is 19.1 Å². The average molecular weight is 304 g/mol. The fourth-order valence-corrected chi connectivity index (χ4v) is 3.36. The summed E-state index contributed by atoms with van der Waals surface area (Å²) in [5.41, 5.74) is 1.36. The maximum Gasteiger partial charge on any atom is 0.334 e. The molecule has 120 valence electrons. The summed E-state index contributed by atoms with van der Waals surface area (Å²) in [6.45, 7) is 10.8. The van der Waals surface area contributed by atoms with Crippen molar-refractivity contribution in [1.82, 2.24) is 0 Å². The van der Waals surface area contributed by atoms with Crippen molar-refractivity contribution in [2.45, 2.75) is 57.5 Å². The number of rotatable bonds is 3. The Morgan fingerprint density at radius 2 is 2.27 bits per heavy atom. The van der Waals surface area contributed by atoms with Crippen molar-refractivity contribution in [2.75, 3.05) is 6.61 Å². The van der Waals surface area contributed by atoms with E-state index in [-0.39, 0.29) is 35.8 Å². The van der Waals surface area contributed by atoms with Crippen LogP contribution < -0.4 is 0 Å². The lowest BCUT2D eigenvalue weighted by Gasteiger charge is -2.28. The number of hydrogen-bond acceptors (Lipinski definition) is 4. The number of allylic oxidation sites excluding steroid dienone is 2. The van der Waals surface area contributed by atoms with E-state index in [1.165, 1.54) is 0 Å². The number of hydrogen-bond donors (Lipinski definition) is 0. The third-order valence-electron chi connectivity index (χ3n) is 4.71. The van der Waals surface area contributed by atoms with Crippen molar-refractivity contribution in [3.63, 3.8) is 0 Å². The normalized spacial score (nSPS) is 44.4. The van der Waals surface area contributed by atoms with E-state index in [0.29, 0.717) is 12.2 Å². The second-order valence-electron chi connectivity index (χ2n) is 6.66. The van der Waals surface area contributed by atoms with Crippen molar-refractivity contribution >= 4 is 5.97 Å². The molecule has 0 aromatic heterocycles. The van der Waals surface area contributed by atoms with Gasteiger partial charge in [0, 0.05) is 18.6 Å². The standard InChI is InChI=1S/C18H24O4/c1-5-8-20-14-10-18(4)15(22-18)7-6-11(2)9-13-16(14)12(3)17(19)21-13/h6-7,9,13-16H,3,5,8,10H2,1-2,4H3/b7-6-,11-9-/t13-,14+,15+,16-,18+/m0/s1. The first kappa shape index (κ1) is 15.5. The van der Waals surface area contributed by atoms with Crippen LogP contribution in [0, 0.1) is 5.92 Å². The Kier molecular flexibility index (Phi) is 4.00. The fourth-order valence-electron chi connectivity index (χ4n) is 3.36. The Labute approximate surface area is 131 Å². The largest absolute Gasteiger partial charge is 0.454 e. The van der Waals surface area contributed by atoms with Crippen molar-refractivity contribution in [2.24, 2.45) is 5.92 Å². The molecule has 0 N–H and O–H groups in total. The smallest absolute Gasteiger partial charge is 0.334 e. The van der Waals surface area contributed by atoms with Crippen LogP contribution in [0.5, 0.6) is 0 Å². The molecule has 0 saturated carbocycles. The molecule has 4 nitrogen and oxygen atoms in total. The number of esters is 1. The minimum Gasteiger partial charge on any atom is -0.454 e. The zero-order chi connectivity index (χ0) is 15.9. The molecule has 0 aromatic carbocycles. The van der Waals surface area contributed by atoms with E-state index >= 15 is 0 Å². The predicted molar refractivity (Wildman–Crippen MR) is 83.3 cm³/mol. The number of carbonyl (C=O) groups is 1. The molecule has 0 bridgehead atoms. The van der Waals surface area contributed by atoms with Gasteiger partial charge in [0.2, 0.25) is 0 Å². The monoisotopic (exact) mass is 304 g/mol. The van der Waals surface area contributed by atoms with Crippen LogP contribution in [0.2, 0.25) is 0 Å². The van der Waals surface area contributed by atoms with Gasteiger partial charge in [0.1, 0.15) is 12.2 Å². The molecule has 4 heteroatoms. The minimum atomic E-state index is -0.314. The van der Waals surface area contributed by atoms with Gasteiger partial charge < -0.3 is 14.2 Å². The van der Waals surface area contributed by atoms with Crippen molar-refractivity contribution in [3.05, 3.63) is 36.0 Å². The van der Waals surface area contributed by atoms with Gasteiger partial charge in [0.05, 0.1) is 17.6 Å². The summed E-state index contributed by atoms with van der Waals surface area (Å²) in [5, 5.41) is 0.